The highest BCUT2D eigenvalue weighted by Gasteiger charge is 2.15. The van der Waals surface area contributed by atoms with Gasteiger partial charge in [0.05, 0.1) is 0 Å². The van der Waals surface area contributed by atoms with Crippen molar-refractivity contribution in [2.24, 2.45) is 0 Å². The van der Waals surface area contributed by atoms with Crippen molar-refractivity contribution in [2.45, 2.75) is 6.92 Å². The van der Waals surface area contributed by atoms with E-state index in [-0.39, 0.29) is 11.7 Å². The van der Waals surface area contributed by atoms with E-state index < -0.39 is 5.91 Å². The van der Waals surface area contributed by atoms with E-state index in [1.165, 1.54) is 17.4 Å². The van der Waals surface area contributed by atoms with Crippen molar-refractivity contribution in [2.75, 3.05) is 5.32 Å². The largest absolute Gasteiger partial charge is 0.403 e. The quantitative estimate of drug-likeness (QED) is 0.789. The minimum Gasteiger partial charge on any atom is -0.403 e. The van der Waals surface area contributed by atoms with E-state index in [2.05, 4.69) is 20.7 Å². The predicted molar refractivity (Wildman–Crippen MR) is 66.8 cm³/mol. The molecule has 1 amide bonds. The Morgan fingerprint density at radius 3 is 3.00 bits per heavy atom. The number of nitrogens with one attached hydrogen (secondary N) is 1. The SMILES string of the molecule is Cc1cc(C(=O)Nc2nnc(-c3ccsc3)o2)no1. The molecule has 0 fully saturated rings. The fourth-order valence-electron chi connectivity index (χ4n) is 1.41. The lowest BCUT2D eigenvalue weighted by molar-refractivity contribution is 0.101. The van der Waals surface area contributed by atoms with Crippen LogP contribution in [0.5, 0.6) is 0 Å². The first kappa shape index (κ1) is 11.6. The Labute approximate surface area is 111 Å². The van der Waals surface area contributed by atoms with Crippen LogP contribution in [0, 0.1) is 6.92 Å². The topological polar surface area (TPSA) is 94.1 Å². The predicted octanol–water partition coefficient (Wildman–Crippen LogP) is 2.35. The summed E-state index contributed by atoms with van der Waals surface area (Å²) in [4.78, 5) is 11.8. The molecule has 0 bridgehead atoms. The number of hydrogen-bond donors (Lipinski definition) is 1. The van der Waals surface area contributed by atoms with Crippen LogP contribution in [0.15, 0.2) is 31.8 Å². The molecule has 0 atom stereocenters. The molecule has 0 aliphatic heterocycles. The van der Waals surface area contributed by atoms with Gasteiger partial charge in [0.25, 0.3) is 11.8 Å². The van der Waals surface area contributed by atoms with Gasteiger partial charge in [-0.25, -0.2) is 0 Å². The Morgan fingerprint density at radius 1 is 1.42 bits per heavy atom. The van der Waals surface area contributed by atoms with Gasteiger partial charge in [-0.1, -0.05) is 10.3 Å². The second-order valence-corrected chi connectivity index (χ2v) is 4.48. The average molecular weight is 276 g/mol. The third kappa shape index (κ3) is 2.38. The van der Waals surface area contributed by atoms with E-state index >= 15 is 0 Å². The average Bonchev–Trinajstić information content (AvgIpc) is 3.07. The molecule has 0 aromatic carbocycles. The molecule has 3 heterocycles. The summed E-state index contributed by atoms with van der Waals surface area (Å²) in [6.45, 7) is 1.70. The molecule has 3 rings (SSSR count). The second-order valence-electron chi connectivity index (χ2n) is 3.70. The molecule has 3 aromatic rings. The molecule has 0 aliphatic carbocycles. The number of rotatable bonds is 3. The first-order valence-electron chi connectivity index (χ1n) is 5.33. The van der Waals surface area contributed by atoms with Gasteiger partial charge in [-0.05, 0) is 18.4 Å². The number of amides is 1. The van der Waals surface area contributed by atoms with E-state index in [4.69, 9.17) is 8.94 Å². The van der Waals surface area contributed by atoms with E-state index in [0.717, 1.165) is 5.56 Å². The fraction of sp³-hybridized carbons (Fsp3) is 0.0909. The van der Waals surface area contributed by atoms with Crippen LogP contribution in [0.25, 0.3) is 11.5 Å². The van der Waals surface area contributed by atoms with E-state index in [1.54, 1.807) is 6.92 Å². The Bertz CT molecular complexity index is 701. The van der Waals surface area contributed by atoms with Crippen LogP contribution in [0.2, 0.25) is 0 Å². The van der Waals surface area contributed by atoms with Gasteiger partial charge in [0.2, 0.25) is 0 Å². The van der Waals surface area contributed by atoms with Gasteiger partial charge in [0.15, 0.2) is 5.69 Å². The zero-order chi connectivity index (χ0) is 13.2. The number of nitrogens with zero attached hydrogens (tertiary/aromatic N) is 3. The molecule has 0 radical (unpaired) electrons. The standard InChI is InChI=1S/C11H8N4O3S/c1-6-4-8(15-18-6)9(16)12-11-14-13-10(17-11)7-2-3-19-5-7/h2-5H,1H3,(H,12,14,16). The van der Waals surface area contributed by atoms with Gasteiger partial charge in [0, 0.05) is 17.0 Å². The number of anilines is 1. The van der Waals surface area contributed by atoms with Crippen LogP contribution in [0.4, 0.5) is 6.01 Å². The van der Waals surface area contributed by atoms with Crippen LogP contribution in [0.3, 0.4) is 0 Å². The Kier molecular flexibility index (Phi) is 2.84. The number of carbonyl (C=O) groups excluding carboxylic acids is 1. The Morgan fingerprint density at radius 2 is 2.32 bits per heavy atom. The summed E-state index contributed by atoms with van der Waals surface area (Å²) in [6.07, 6.45) is 0. The summed E-state index contributed by atoms with van der Waals surface area (Å²) in [6, 6.07) is 3.39. The maximum atomic E-state index is 11.8. The molecule has 0 spiro atoms. The summed E-state index contributed by atoms with van der Waals surface area (Å²) >= 11 is 1.52. The molecule has 96 valence electrons. The molecule has 3 aromatic heterocycles. The molecule has 0 aliphatic rings. The van der Waals surface area contributed by atoms with Crippen LogP contribution < -0.4 is 5.32 Å². The highest BCUT2D eigenvalue weighted by atomic mass is 32.1. The maximum absolute atomic E-state index is 11.8. The van der Waals surface area contributed by atoms with Crippen LogP contribution >= 0.6 is 11.3 Å². The highest BCUT2D eigenvalue weighted by Crippen LogP contribution is 2.22. The summed E-state index contributed by atoms with van der Waals surface area (Å²) in [5, 5.41) is 17.4. The number of aromatic nitrogens is 3. The second kappa shape index (κ2) is 4.65. The fourth-order valence-corrected chi connectivity index (χ4v) is 2.04. The third-order valence-electron chi connectivity index (χ3n) is 2.27. The molecule has 0 unspecified atom stereocenters. The first-order chi connectivity index (χ1) is 9.22. The van der Waals surface area contributed by atoms with Crippen molar-refractivity contribution in [3.63, 3.8) is 0 Å². The van der Waals surface area contributed by atoms with Gasteiger partial charge in [-0.15, -0.1) is 5.10 Å². The van der Waals surface area contributed by atoms with Crippen molar-refractivity contribution in [1.82, 2.24) is 15.4 Å². The highest BCUT2D eigenvalue weighted by molar-refractivity contribution is 7.08. The number of hydrogen-bond acceptors (Lipinski definition) is 7. The molecule has 1 N–H and O–H groups in total. The monoisotopic (exact) mass is 276 g/mol. The van der Waals surface area contributed by atoms with Gasteiger partial charge < -0.3 is 8.94 Å². The van der Waals surface area contributed by atoms with Crippen LogP contribution in [-0.4, -0.2) is 21.3 Å². The number of aryl methyl sites for hydroxylation is 1. The lowest BCUT2D eigenvalue weighted by Crippen LogP contribution is -2.12. The Balaban J connectivity index is 1.76. The van der Waals surface area contributed by atoms with Gasteiger partial charge in [-0.3, -0.25) is 10.1 Å². The molecular formula is C11H8N4O3S. The summed E-state index contributed by atoms with van der Waals surface area (Å²) in [5.74, 6) is 0.444. The maximum Gasteiger partial charge on any atom is 0.322 e. The van der Waals surface area contributed by atoms with E-state index in [9.17, 15) is 4.79 Å². The third-order valence-corrected chi connectivity index (χ3v) is 2.96. The van der Waals surface area contributed by atoms with Crippen molar-refractivity contribution >= 4 is 23.3 Å². The smallest absolute Gasteiger partial charge is 0.322 e. The summed E-state index contributed by atoms with van der Waals surface area (Å²) < 4.78 is 10.1. The molecular weight excluding hydrogens is 268 g/mol. The normalized spacial score (nSPS) is 10.6. The minimum absolute atomic E-state index is 0.0202. The van der Waals surface area contributed by atoms with Gasteiger partial charge in [0.1, 0.15) is 5.76 Å². The lowest BCUT2D eigenvalue weighted by Gasteiger charge is -1.94. The lowest BCUT2D eigenvalue weighted by atomic mass is 10.3. The van der Waals surface area contributed by atoms with Gasteiger partial charge in [-0.2, -0.15) is 11.3 Å². The summed E-state index contributed by atoms with van der Waals surface area (Å²) in [7, 11) is 0. The van der Waals surface area contributed by atoms with Crippen molar-refractivity contribution in [1.29, 1.82) is 0 Å². The summed E-state index contributed by atoms with van der Waals surface area (Å²) in [5.41, 5.74) is 0.975. The minimum atomic E-state index is -0.461. The van der Waals surface area contributed by atoms with Crippen molar-refractivity contribution in [3.05, 3.63) is 34.3 Å². The Hall–Kier alpha value is -2.48. The number of thiophene rings is 1. The van der Waals surface area contributed by atoms with E-state index in [1.807, 2.05) is 16.8 Å². The molecule has 8 heteroatoms. The zero-order valence-corrected chi connectivity index (χ0v) is 10.6. The molecule has 7 nitrogen and oxygen atoms in total. The molecule has 19 heavy (non-hydrogen) atoms. The van der Waals surface area contributed by atoms with Crippen LogP contribution in [-0.2, 0) is 0 Å². The number of carbonyl (C=O) groups is 1. The molecule has 0 saturated carbocycles. The van der Waals surface area contributed by atoms with Gasteiger partial charge >= 0.3 is 6.01 Å². The van der Waals surface area contributed by atoms with E-state index in [0.29, 0.717) is 11.7 Å². The van der Waals surface area contributed by atoms with Crippen molar-refractivity contribution in [3.8, 4) is 11.5 Å². The zero-order valence-electron chi connectivity index (χ0n) is 9.78. The van der Waals surface area contributed by atoms with Crippen molar-refractivity contribution < 1.29 is 13.7 Å². The van der Waals surface area contributed by atoms with Crippen LogP contribution in [0.1, 0.15) is 16.2 Å². The molecule has 0 saturated heterocycles. The first-order valence-corrected chi connectivity index (χ1v) is 6.27.